The largest absolute Gasteiger partial charge is 0.496 e. The van der Waals surface area contributed by atoms with E-state index < -0.39 is 11.5 Å². The average molecular weight is 866 g/mol. The molecule has 1 saturated carbocycles. The quantitative estimate of drug-likeness (QED) is 0.0926. The Bertz CT molecular complexity index is 2350. The molecule has 3 aliphatic carbocycles. The van der Waals surface area contributed by atoms with E-state index in [4.69, 9.17) is 47.1 Å². The smallest absolute Gasteiger partial charge is 0.329 e. The number of nitrogens with one attached hydrogen (secondary N) is 1. The fraction of sp³-hybridized carbons (Fsp3) is 0.429. The molecule has 0 amide bonds. The van der Waals surface area contributed by atoms with Crippen LogP contribution in [0.5, 0.6) is 17.2 Å². The molecule has 1 spiro atoms. The summed E-state index contributed by atoms with van der Waals surface area (Å²) in [6.45, 7) is 6.02. The Morgan fingerprint density at radius 2 is 1.75 bits per heavy atom. The number of hydrogen-bond acceptors (Lipinski definition) is 9. The van der Waals surface area contributed by atoms with Crippen molar-refractivity contribution in [2.75, 3.05) is 32.2 Å². The van der Waals surface area contributed by atoms with Crippen molar-refractivity contribution in [3.8, 4) is 28.6 Å². The number of carboxylic acid groups (broad SMARTS) is 1. The van der Waals surface area contributed by atoms with E-state index in [1.807, 2.05) is 54.7 Å². The van der Waals surface area contributed by atoms with Crippen molar-refractivity contribution in [1.82, 2.24) is 15.0 Å². The molecule has 0 aliphatic heterocycles. The highest BCUT2D eigenvalue weighted by Gasteiger charge is 2.54. The van der Waals surface area contributed by atoms with Crippen molar-refractivity contribution in [2.24, 2.45) is 11.8 Å². The third kappa shape index (κ3) is 9.18. The van der Waals surface area contributed by atoms with Gasteiger partial charge >= 0.3 is 5.97 Å². The summed E-state index contributed by atoms with van der Waals surface area (Å²) >= 11 is 13.3. The molecular weight excluding hydrogens is 811 g/mol. The number of para-hydroxylation sites is 1. The molecule has 5 aromatic rings. The average Bonchev–Trinajstić information content (AvgIpc) is 3.53. The van der Waals surface area contributed by atoms with Crippen molar-refractivity contribution < 1.29 is 28.8 Å². The van der Waals surface area contributed by atoms with Gasteiger partial charge in [0.05, 0.1) is 43.2 Å². The predicted octanol–water partition coefficient (Wildman–Crippen LogP) is 10.9. The minimum absolute atomic E-state index is 0.249. The van der Waals surface area contributed by atoms with Crippen LogP contribution in [-0.2, 0) is 34.4 Å². The highest BCUT2D eigenvalue weighted by Crippen LogP contribution is 2.57. The van der Waals surface area contributed by atoms with Crippen molar-refractivity contribution in [3.63, 3.8) is 0 Å². The van der Waals surface area contributed by atoms with Gasteiger partial charge in [-0.15, -0.1) is 0 Å². The van der Waals surface area contributed by atoms with E-state index in [1.165, 1.54) is 16.7 Å². The molecule has 3 aliphatic rings. The highest BCUT2D eigenvalue weighted by molar-refractivity contribution is 6.32. The molecule has 2 aromatic heterocycles. The number of carboxylic acids is 1. The number of hydrogen-bond donors (Lipinski definition) is 2. The number of benzene rings is 3. The van der Waals surface area contributed by atoms with Crippen LogP contribution in [0, 0.1) is 11.8 Å². The number of aliphatic carboxylic acids is 1. The first-order valence-corrected chi connectivity index (χ1v) is 22.2. The van der Waals surface area contributed by atoms with Gasteiger partial charge in [0.1, 0.15) is 29.4 Å². The molecule has 0 saturated heterocycles. The predicted molar refractivity (Wildman–Crippen MR) is 238 cm³/mol. The fourth-order valence-corrected chi connectivity index (χ4v) is 10.5. The van der Waals surface area contributed by atoms with E-state index in [9.17, 15) is 9.90 Å². The Hall–Kier alpha value is -4.90. The van der Waals surface area contributed by atoms with Crippen LogP contribution in [0.3, 0.4) is 0 Å². The first kappa shape index (κ1) is 42.8. The number of anilines is 1. The number of fused-ring (bicyclic) bond motifs is 3. The normalized spacial score (nSPS) is 22.2. The van der Waals surface area contributed by atoms with Gasteiger partial charge in [-0.25, -0.2) is 14.8 Å². The zero-order valence-electron chi connectivity index (χ0n) is 35.1. The van der Waals surface area contributed by atoms with Crippen LogP contribution in [-0.4, -0.2) is 58.5 Å². The maximum atomic E-state index is 13.1. The summed E-state index contributed by atoms with van der Waals surface area (Å²) in [4.78, 5) is 26.9. The summed E-state index contributed by atoms with van der Waals surface area (Å²) in [6.07, 6.45) is 10.9. The second-order valence-electron chi connectivity index (χ2n) is 17.1. The van der Waals surface area contributed by atoms with E-state index >= 15 is 0 Å². The number of nitrogens with zero attached hydrogens (tertiary/aromatic N) is 3. The molecule has 10 nitrogen and oxygen atoms in total. The van der Waals surface area contributed by atoms with Crippen LogP contribution in [0.1, 0.15) is 92.8 Å². The van der Waals surface area contributed by atoms with Crippen LogP contribution in [0.4, 0.5) is 5.69 Å². The maximum Gasteiger partial charge on any atom is 0.329 e. The summed E-state index contributed by atoms with van der Waals surface area (Å²) in [5, 5.41) is 15.2. The van der Waals surface area contributed by atoms with E-state index in [0.717, 1.165) is 54.8 Å². The maximum absolute atomic E-state index is 13.1. The topological polar surface area (TPSA) is 125 Å². The molecule has 0 radical (unpaired) electrons. The van der Waals surface area contributed by atoms with Crippen molar-refractivity contribution in [3.05, 3.63) is 123 Å². The Morgan fingerprint density at radius 1 is 0.934 bits per heavy atom. The Labute approximate surface area is 368 Å². The molecule has 1 fully saturated rings. The van der Waals surface area contributed by atoms with Gasteiger partial charge in [-0.3, -0.25) is 4.98 Å². The molecular formula is C49H54Cl2N4O6. The summed E-state index contributed by atoms with van der Waals surface area (Å²) in [7, 11) is 1.63. The SMILES string of the molecule is COc1ccccc1-c1nccc(COCCOc2cc3c(cc2Cl)C[C@H](C[C@@H](C)COc2ccnc4c2[C@H](C)CCC4)C32CCC(Nc3cccc(Cl)c3)(C(=O)O)CC2)n1. The molecule has 2 heterocycles. The van der Waals surface area contributed by atoms with Crippen molar-refractivity contribution in [2.45, 2.75) is 95.1 Å². The zero-order chi connectivity index (χ0) is 42.6. The van der Waals surface area contributed by atoms with Gasteiger partial charge in [-0.2, -0.15) is 0 Å². The summed E-state index contributed by atoms with van der Waals surface area (Å²) < 4.78 is 24.4. The summed E-state index contributed by atoms with van der Waals surface area (Å²) in [6, 6.07) is 23.0. The van der Waals surface area contributed by atoms with Crippen LogP contribution in [0.25, 0.3) is 11.4 Å². The highest BCUT2D eigenvalue weighted by atomic mass is 35.5. The number of aromatic nitrogens is 3. The Kier molecular flexibility index (Phi) is 13.0. The number of carbonyl (C=O) groups is 1. The minimum Gasteiger partial charge on any atom is -0.496 e. The molecule has 0 unspecified atom stereocenters. The van der Waals surface area contributed by atoms with Crippen molar-refractivity contribution in [1.29, 1.82) is 0 Å². The minimum atomic E-state index is -1.13. The lowest BCUT2D eigenvalue weighted by Crippen LogP contribution is -2.53. The Balaban J connectivity index is 0.979. The number of halogens is 2. The molecule has 2 N–H and O–H groups in total. The van der Waals surface area contributed by atoms with Gasteiger partial charge in [0, 0.05) is 34.4 Å². The van der Waals surface area contributed by atoms with E-state index in [1.54, 1.807) is 25.4 Å². The lowest BCUT2D eigenvalue weighted by Gasteiger charge is -2.47. The van der Waals surface area contributed by atoms with E-state index in [2.05, 4.69) is 41.3 Å². The first-order valence-electron chi connectivity index (χ1n) is 21.4. The van der Waals surface area contributed by atoms with Crippen LogP contribution in [0.15, 0.2) is 85.2 Å². The molecule has 0 bridgehead atoms. The molecule has 61 heavy (non-hydrogen) atoms. The number of rotatable bonds is 16. The second kappa shape index (κ2) is 18.6. The van der Waals surface area contributed by atoms with Gasteiger partial charge in [0.15, 0.2) is 5.82 Å². The Morgan fingerprint density at radius 3 is 2.56 bits per heavy atom. The van der Waals surface area contributed by atoms with E-state index in [0.29, 0.717) is 77.9 Å². The lowest BCUT2D eigenvalue weighted by atomic mass is 9.59. The van der Waals surface area contributed by atoms with Crippen molar-refractivity contribution >= 4 is 34.9 Å². The van der Waals surface area contributed by atoms with Gasteiger partial charge in [-0.05, 0) is 147 Å². The number of methoxy groups -OCH3 is 1. The van der Waals surface area contributed by atoms with Crippen LogP contribution in [0.2, 0.25) is 10.0 Å². The molecule has 8 rings (SSSR count). The number of aryl methyl sites for hydroxylation is 1. The standard InChI is InChI=1S/C49H54Cl2N4O6/c1-31(29-61-43-15-21-52-41-12-6-8-32(2)45(41)43)24-34-25-33-26-40(51)44(60-23-22-59-30-37-14-20-53-46(54-37)38-11-4-5-13-42(38)58-3)28-39(33)48(34)16-18-49(19-17-48,47(56)57)55-36-10-7-9-35(50)27-36/h4-5,7,9-11,13-15,20-21,26-28,31-32,34,55H,6,8,12,16-19,22-25,29-30H2,1-3H3,(H,56,57)/t31-,32-,34+,48?,49?/m1/s1. The molecule has 3 atom stereocenters. The van der Waals surface area contributed by atoms with Gasteiger partial charge in [0.2, 0.25) is 0 Å². The van der Waals surface area contributed by atoms with E-state index in [-0.39, 0.29) is 30.5 Å². The fourth-order valence-electron chi connectivity index (χ4n) is 10.0. The summed E-state index contributed by atoms with van der Waals surface area (Å²) in [5.74, 6) is 2.91. The third-order valence-electron chi connectivity index (χ3n) is 13.1. The van der Waals surface area contributed by atoms with Gasteiger partial charge in [0.25, 0.3) is 0 Å². The monoisotopic (exact) mass is 864 g/mol. The van der Waals surface area contributed by atoms with Crippen LogP contribution >= 0.6 is 23.2 Å². The lowest BCUT2D eigenvalue weighted by molar-refractivity contribution is -0.144. The molecule has 3 aromatic carbocycles. The van der Waals surface area contributed by atoms with Gasteiger partial charge < -0.3 is 29.4 Å². The molecule has 320 valence electrons. The van der Waals surface area contributed by atoms with Crippen LogP contribution < -0.4 is 19.5 Å². The third-order valence-corrected chi connectivity index (χ3v) is 13.7. The summed E-state index contributed by atoms with van der Waals surface area (Å²) in [5.41, 5.74) is 5.68. The molecule has 12 heteroatoms. The number of ether oxygens (including phenoxy) is 4. The van der Waals surface area contributed by atoms with Gasteiger partial charge in [-0.1, -0.05) is 55.2 Å². The zero-order valence-corrected chi connectivity index (χ0v) is 36.6. The number of pyridine rings is 1. The first-order chi connectivity index (χ1) is 29.6. The second-order valence-corrected chi connectivity index (χ2v) is 18.0.